The molecule has 1 heterocycles. The molecule has 6 nitrogen and oxygen atoms in total. The number of hydrogen-bond donors (Lipinski definition) is 1. The van der Waals surface area contributed by atoms with E-state index in [0.717, 1.165) is 22.5 Å². The maximum absolute atomic E-state index is 12.3. The van der Waals surface area contributed by atoms with Crippen molar-refractivity contribution in [3.8, 4) is 5.69 Å². The van der Waals surface area contributed by atoms with Crippen molar-refractivity contribution in [2.75, 3.05) is 11.1 Å². The molecule has 1 aromatic heterocycles. The second-order valence-electron chi connectivity index (χ2n) is 5.45. The van der Waals surface area contributed by atoms with Gasteiger partial charge in [0.05, 0.1) is 11.4 Å². The maximum atomic E-state index is 12.3. The van der Waals surface area contributed by atoms with Crippen molar-refractivity contribution in [3.05, 3.63) is 58.6 Å². The quantitative estimate of drug-likeness (QED) is 0.691. The second kappa shape index (κ2) is 7.67. The van der Waals surface area contributed by atoms with Gasteiger partial charge in [-0.05, 0) is 59.7 Å². The highest BCUT2D eigenvalue weighted by atomic mass is 35.5. The van der Waals surface area contributed by atoms with E-state index in [1.165, 1.54) is 11.8 Å². The van der Waals surface area contributed by atoms with E-state index in [4.69, 9.17) is 11.6 Å². The van der Waals surface area contributed by atoms with Crippen LogP contribution in [0.2, 0.25) is 5.02 Å². The Labute approximate surface area is 154 Å². The van der Waals surface area contributed by atoms with E-state index in [2.05, 4.69) is 20.8 Å². The SMILES string of the molecule is Cc1cccc(C)c1NC(=O)CSc1nnnn1-c1ccc(Cl)cc1. The smallest absolute Gasteiger partial charge is 0.234 e. The number of thioether (sulfide) groups is 1. The molecule has 128 valence electrons. The van der Waals surface area contributed by atoms with Crippen LogP contribution in [0, 0.1) is 13.8 Å². The molecule has 1 amide bonds. The van der Waals surface area contributed by atoms with Gasteiger partial charge in [-0.15, -0.1) is 5.10 Å². The standard InChI is InChI=1S/C17H16ClN5OS/c1-11-4-3-5-12(2)16(11)19-15(24)10-25-17-20-21-22-23(17)14-8-6-13(18)7-9-14/h3-9H,10H2,1-2H3,(H,19,24). The van der Waals surface area contributed by atoms with Gasteiger partial charge in [0, 0.05) is 10.7 Å². The lowest BCUT2D eigenvalue weighted by Crippen LogP contribution is -2.16. The largest absolute Gasteiger partial charge is 0.325 e. The minimum atomic E-state index is -0.104. The Hall–Kier alpha value is -2.38. The Balaban J connectivity index is 1.67. The van der Waals surface area contributed by atoms with Crippen LogP contribution in [0.15, 0.2) is 47.6 Å². The highest BCUT2D eigenvalue weighted by molar-refractivity contribution is 7.99. The van der Waals surface area contributed by atoms with E-state index < -0.39 is 0 Å². The molecule has 0 aliphatic carbocycles. The molecular formula is C17H16ClN5OS. The molecule has 0 saturated heterocycles. The molecule has 0 saturated carbocycles. The first-order chi connectivity index (χ1) is 12.0. The first-order valence-electron chi connectivity index (χ1n) is 7.58. The third kappa shape index (κ3) is 4.18. The summed E-state index contributed by atoms with van der Waals surface area (Å²) >= 11 is 7.17. The van der Waals surface area contributed by atoms with Gasteiger partial charge in [-0.2, -0.15) is 4.68 Å². The van der Waals surface area contributed by atoms with Crippen LogP contribution in [0.4, 0.5) is 5.69 Å². The van der Waals surface area contributed by atoms with Crippen molar-refractivity contribution in [2.45, 2.75) is 19.0 Å². The summed E-state index contributed by atoms with van der Waals surface area (Å²) < 4.78 is 1.58. The predicted molar refractivity (Wildman–Crippen MR) is 99.4 cm³/mol. The van der Waals surface area contributed by atoms with E-state index >= 15 is 0 Å². The van der Waals surface area contributed by atoms with Crippen molar-refractivity contribution >= 4 is 35.0 Å². The number of nitrogens with zero attached hydrogens (tertiary/aromatic N) is 4. The van der Waals surface area contributed by atoms with Crippen molar-refractivity contribution in [1.82, 2.24) is 20.2 Å². The zero-order valence-corrected chi connectivity index (χ0v) is 15.3. The lowest BCUT2D eigenvalue weighted by molar-refractivity contribution is -0.113. The number of carbonyl (C=O) groups excluding carboxylic acids is 1. The van der Waals surface area contributed by atoms with Crippen LogP contribution in [-0.2, 0) is 4.79 Å². The highest BCUT2D eigenvalue weighted by Crippen LogP contribution is 2.22. The maximum Gasteiger partial charge on any atom is 0.234 e. The molecule has 2 aromatic carbocycles. The number of tetrazole rings is 1. The molecule has 0 spiro atoms. The average Bonchev–Trinajstić information content (AvgIpc) is 3.06. The van der Waals surface area contributed by atoms with Gasteiger partial charge in [0.15, 0.2) is 0 Å². The van der Waals surface area contributed by atoms with E-state index in [0.29, 0.717) is 10.2 Å². The van der Waals surface area contributed by atoms with Crippen LogP contribution in [0.3, 0.4) is 0 Å². The number of rotatable bonds is 5. The van der Waals surface area contributed by atoms with Crippen LogP contribution in [0.1, 0.15) is 11.1 Å². The average molecular weight is 374 g/mol. The van der Waals surface area contributed by atoms with Gasteiger partial charge in [0.1, 0.15) is 0 Å². The summed E-state index contributed by atoms with van der Waals surface area (Å²) in [5, 5.41) is 15.8. The van der Waals surface area contributed by atoms with E-state index in [1.807, 2.05) is 44.2 Å². The molecule has 0 atom stereocenters. The normalized spacial score (nSPS) is 10.7. The summed E-state index contributed by atoms with van der Waals surface area (Å²) in [7, 11) is 0. The molecule has 0 radical (unpaired) electrons. The Morgan fingerprint density at radius 1 is 1.16 bits per heavy atom. The summed E-state index contributed by atoms with van der Waals surface area (Å²) in [6.45, 7) is 3.94. The molecule has 0 fully saturated rings. The van der Waals surface area contributed by atoms with Crippen LogP contribution in [0.5, 0.6) is 0 Å². The molecule has 0 bridgehead atoms. The van der Waals surface area contributed by atoms with Crippen molar-refractivity contribution < 1.29 is 4.79 Å². The van der Waals surface area contributed by atoms with Crippen molar-refractivity contribution in [2.24, 2.45) is 0 Å². The topological polar surface area (TPSA) is 72.7 Å². The fourth-order valence-electron chi connectivity index (χ4n) is 2.33. The van der Waals surface area contributed by atoms with Crippen LogP contribution >= 0.6 is 23.4 Å². The number of aryl methyl sites for hydroxylation is 2. The Bertz CT molecular complexity index is 874. The van der Waals surface area contributed by atoms with Gasteiger partial charge in [0.25, 0.3) is 0 Å². The number of para-hydroxylation sites is 1. The molecule has 0 unspecified atom stereocenters. The molecule has 3 aromatic rings. The summed E-state index contributed by atoms with van der Waals surface area (Å²) in [6.07, 6.45) is 0. The number of anilines is 1. The van der Waals surface area contributed by atoms with Gasteiger partial charge in [0.2, 0.25) is 11.1 Å². The molecule has 1 N–H and O–H groups in total. The Kier molecular flexibility index (Phi) is 5.35. The van der Waals surface area contributed by atoms with E-state index in [9.17, 15) is 4.79 Å². The summed E-state index contributed by atoms with van der Waals surface area (Å²) in [4.78, 5) is 12.3. The lowest BCUT2D eigenvalue weighted by Gasteiger charge is -2.11. The third-order valence-corrected chi connectivity index (χ3v) is 4.76. The summed E-state index contributed by atoms with van der Waals surface area (Å²) in [5.41, 5.74) is 3.70. The van der Waals surface area contributed by atoms with Crippen molar-refractivity contribution in [3.63, 3.8) is 0 Å². The van der Waals surface area contributed by atoms with Gasteiger partial charge >= 0.3 is 0 Å². The Morgan fingerprint density at radius 2 is 1.84 bits per heavy atom. The van der Waals surface area contributed by atoms with Gasteiger partial charge in [-0.3, -0.25) is 4.79 Å². The summed E-state index contributed by atoms with van der Waals surface area (Å²) in [6, 6.07) is 13.1. The number of halogens is 1. The molecule has 8 heteroatoms. The van der Waals surface area contributed by atoms with Crippen molar-refractivity contribution in [1.29, 1.82) is 0 Å². The Morgan fingerprint density at radius 3 is 2.52 bits per heavy atom. The first kappa shape index (κ1) is 17.4. The zero-order valence-electron chi connectivity index (χ0n) is 13.7. The van der Waals surface area contributed by atoms with Crippen LogP contribution < -0.4 is 5.32 Å². The predicted octanol–water partition coefficient (Wildman–Crippen LogP) is 3.66. The first-order valence-corrected chi connectivity index (χ1v) is 8.94. The molecule has 0 aliphatic rings. The van der Waals surface area contributed by atoms with Crippen LogP contribution in [0.25, 0.3) is 5.69 Å². The van der Waals surface area contributed by atoms with Gasteiger partial charge in [-0.25, -0.2) is 0 Å². The molecular weight excluding hydrogens is 358 g/mol. The molecule has 25 heavy (non-hydrogen) atoms. The highest BCUT2D eigenvalue weighted by Gasteiger charge is 2.13. The molecule has 3 rings (SSSR count). The molecule has 0 aliphatic heterocycles. The van der Waals surface area contributed by atoms with Crippen LogP contribution in [-0.4, -0.2) is 31.9 Å². The zero-order chi connectivity index (χ0) is 17.8. The third-order valence-electron chi connectivity index (χ3n) is 3.59. The monoisotopic (exact) mass is 373 g/mol. The number of benzene rings is 2. The fraction of sp³-hybridized carbons (Fsp3) is 0.176. The van der Waals surface area contributed by atoms with E-state index in [1.54, 1.807) is 16.8 Å². The number of aromatic nitrogens is 4. The summed E-state index contributed by atoms with van der Waals surface area (Å²) in [5.74, 6) is 0.106. The number of hydrogen-bond acceptors (Lipinski definition) is 5. The van der Waals surface area contributed by atoms with E-state index in [-0.39, 0.29) is 11.7 Å². The lowest BCUT2D eigenvalue weighted by atomic mass is 10.1. The van der Waals surface area contributed by atoms with Gasteiger partial charge in [-0.1, -0.05) is 41.6 Å². The van der Waals surface area contributed by atoms with Gasteiger partial charge < -0.3 is 5.32 Å². The minimum Gasteiger partial charge on any atom is -0.325 e. The fourth-order valence-corrected chi connectivity index (χ4v) is 3.15. The minimum absolute atomic E-state index is 0.104. The second-order valence-corrected chi connectivity index (χ2v) is 6.83. The number of carbonyl (C=O) groups is 1. The number of amides is 1. The number of nitrogens with one attached hydrogen (secondary N) is 1.